The minimum Gasteiger partial charge on any atom is -0.444 e. The van der Waals surface area contributed by atoms with Gasteiger partial charge in [0.2, 0.25) is 15.9 Å². The van der Waals surface area contributed by atoms with Crippen LogP contribution in [0.4, 0.5) is 4.79 Å². The maximum absolute atomic E-state index is 12.6. The fraction of sp³-hybridized carbons (Fsp3) is 0.556. The maximum Gasteiger partial charge on any atom is 0.408 e. The molecule has 0 aliphatic carbocycles. The van der Waals surface area contributed by atoms with Gasteiger partial charge in [-0.2, -0.15) is 4.31 Å². The van der Waals surface area contributed by atoms with Crippen LogP contribution in [0, 0.1) is 0 Å². The van der Waals surface area contributed by atoms with Crippen molar-refractivity contribution in [3.8, 4) is 0 Å². The molecular formula is C18H27N3O5S. The molecule has 1 fully saturated rings. The molecule has 150 valence electrons. The van der Waals surface area contributed by atoms with E-state index in [4.69, 9.17) is 4.74 Å². The molecule has 0 bridgehead atoms. The fourth-order valence-corrected chi connectivity index (χ4v) is 4.22. The van der Waals surface area contributed by atoms with E-state index in [2.05, 4.69) is 10.6 Å². The van der Waals surface area contributed by atoms with Gasteiger partial charge in [0.25, 0.3) is 0 Å². The van der Waals surface area contributed by atoms with E-state index >= 15 is 0 Å². The topological polar surface area (TPSA) is 105 Å². The van der Waals surface area contributed by atoms with E-state index < -0.39 is 21.7 Å². The number of ether oxygens (including phenoxy) is 1. The number of nitrogens with zero attached hydrogens (tertiary/aromatic N) is 1. The van der Waals surface area contributed by atoms with E-state index in [-0.39, 0.29) is 23.4 Å². The molecular weight excluding hydrogens is 370 g/mol. The molecule has 1 aliphatic rings. The van der Waals surface area contributed by atoms with Crippen molar-refractivity contribution < 1.29 is 22.7 Å². The first kappa shape index (κ1) is 21.2. The summed E-state index contributed by atoms with van der Waals surface area (Å²) in [6.07, 6.45) is 0.385. The fourth-order valence-electron chi connectivity index (χ4n) is 2.73. The summed E-state index contributed by atoms with van der Waals surface area (Å²) in [6, 6.07) is 8.18. The quantitative estimate of drug-likeness (QED) is 0.783. The molecule has 1 aliphatic heterocycles. The number of hydrogen-bond donors (Lipinski definition) is 2. The lowest BCUT2D eigenvalue weighted by atomic mass is 10.1. The molecule has 2 amide bonds. The van der Waals surface area contributed by atoms with E-state index in [0.29, 0.717) is 25.9 Å². The number of nitrogens with one attached hydrogen (secondary N) is 2. The first-order valence-electron chi connectivity index (χ1n) is 8.89. The zero-order valence-electron chi connectivity index (χ0n) is 15.9. The van der Waals surface area contributed by atoms with Crippen LogP contribution in [-0.2, 0) is 19.6 Å². The standard InChI is InChI=1S/C18H27N3O5S/c1-18(2,3)26-17(23)19-13-16(22)20-14-9-11-21(12-10-14)27(24,25)15-7-5-4-6-8-15/h4-8,14H,9-13H2,1-3H3,(H,19,23)(H,20,22). The molecule has 0 unspecified atom stereocenters. The highest BCUT2D eigenvalue weighted by Gasteiger charge is 2.29. The van der Waals surface area contributed by atoms with Crippen molar-refractivity contribution in [2.24, 2.45) is 0 Å². The van der Waals surface area contributed by atoms with Crippen LogP contribution in [0.5, 0.6) is 0 Å². The highest BCUT2D eigenvalue weighted by atomic mass is 32.2. The molecule has 1 heterocycles. The van der Waals surface area contributed by atoms with E-state index in [1.165, 1.54) is 4.31 Å². The van der Waals surface area contributed by atoms with Gasteiger partial charge in [0, 0.05) is 19.1 Å². The van der Waals surface area contributed by atoms with E-state index in [1.54, 1.807) is 51.1 Å². The summed E-state index contributed by atoms with van der Waals surface area (Å²) in [5, 5.41) is 5.22. The SMILES string of the molecule is CC(C)(C)OC(=O)NCC(=O)NC1CCN(S(=O)(=O)c2ccccc2)CC1. The van der Waals surface area contributed by atoms with Gasteiger partial charge in [-0.05, 0) is 45.7 Å². The van der Waals surface area contributed by atoms with Crippen LogP contribution in [0.15, 0.2) is 35.2 Å². The molecule has 0 spiro atoms. The summed E-state index contributed by atoms with van der Waals surface area (Å²) >= 11 is 0. The largest absolute Gasteiger partial charge is 0.444 e. The Bertz CT molecular complexity index is 751. The summed E-state index contributed by atoms with van der Waals surface area (Å²) in [5.41, 5.74) is -0.627. The van der Waals surface area contributed by atoms with Gasteiger partial charge in [-0.1, -0.05) is 18.2 Å². The van der Waals surface area contributed by atoms with Crippen LogP contribution in [0.2, 0.25) is 0 Å². The molecule has 0 radical (unpaired) electrons. The van der Waals surface area contributed by atoms with Gasteiger partial charge in [-0.15, -0.1) is 0 Å². The summed E-state index contributed by atoms with van der Waals surface area (Å²) in [5.74, 6) is -0.328. The molecule has 8 nitrogen and oxygen atoms in total. The molecule has 1 saturated heterocycles. The summed E-state index contributed by atoms with van der Waals surface area (Å²) < 4.78 is 31.7. The Balaban J connectivity index is 1.77. The minimum absolute atomic E-state index is 0.125. The lowest BCUT2D eigenvalue weighted by Gasteiger charge is -2.31. The van der Waals surface area contributed by atoms with Crippen molar-refractivity contribution in [2.75, 3.05) is 19.6 Å². The molecule has 9 heteroatoms. The maximum atomic E-state index is 12.6. The van der Waals surface area contributed by atoms with Gasteiger partial charge >= 0.3 is 6.09 Å². The third-order valence-electron chi connectivity index (χ3n) is 3.99. The lowest BCUT2D eigenvalue weighted by molar-refractivity contribution is -0.121. The molecule has 1 aromatic rings. The van der Waals surface area contributed by atoms with Crippen LogP contribution in [0.25, 0.3) is 0 Å². The second kappa shape index (κ2) is 8.71. The summed E-state index contributed by atoms with van der Waals surface area (Å²) in [6.45, 7) is 5.71. The second-order valence-corrected chi connectivity index (χ2v) is 9.35. The van der Waals surface area contributed by atoms with Gasteiger partial charge in [0.15, 0.2) is 0 Å². The molecule has 0 atom stereocenters. The zero-order chi connectivity index (χ0) is 20.1. The van der Waals surface area contributed by atoms with E-state index in [9.17, 15) is 18.0 Å². The Morgan fingerprint density at radius 3 is 2.30 bits per heavy atom. The number of carbonyl (C=O) groups excluding carboxylic acids is 2. The third-order valence-corrected chi connectivity index (χ3v) is 5.91. The van der Waals surface area contributed by atoms with Crippen molar-refractivity contribution in [3.63, 3.8) is 0 Å². The van der Waals surface area contributed by atoms with Crippen molar-refractivity contribution >= 4 is 22.0 Å². The van der Waals surface area contributed by atoms with E-state index in [1.807, 2.05) is 0 Å². The lowest BCUT2D eigenvalue weighted by Crippen LogP contribution is -2.48. The number of alkyl carbamates (subject to hydrolysis) is 1. The highest BCUT2D eigenvalue weighted by molar-refractivity contribution is 7.89. The first-order chi connectivity index (χ1) is 12.6. The van der Waals surface area contributed by atoms with Gasteiger partial charge in [-0.3, -0.25) is 4.79 Å². The van der Waals surface area contributed by atoms with E-state index in [0.717, 1.165) is 0 Å². The van der Waals surface area contributed by atoms with Crippen molar-refractivity contribution in [2.45, 2.75) is 50.2 Å². The summed E-state index contributed by atoms with van der Waals surface area (Å²) in [4.78, 5) is 23.8. The molecule has 2 N–H and O–H groups in total. The van der Waals surface area contributed by atoms with Gasteiger partial charge in [0.1, 0.15) is 12.1 Å². The molecule has 0 saturated carbocycles. The van der Waals surface area contributed by atoms with Crippen LogP contribution in [0.1, 0.15) is 33.6 Å². The average molecular weight is 397 g/mol. The number of piperidine rings is 1. The van der Waals surface area contributed by atoms with Crippen LogP contribution >= 0.6 is 0 Å². The molecule has 2 rings (SSSR count). The normalized spacial score (nSPS) is 16.6. The van der Waals surface area contributed by atoms with Crippen molar-refractivity contribution in [1.82, 2.24) is 14.9 Å². The molecule has 0 aromatic heterocycles. The number of hydrogen-bond acceptors (Lipinski definition) is 5. The van der Waals surface area contributed by atoms with Crippen LogP contribution in [-0.4, -0.2) is 56.0 Å². The Morgan fingerprint density at radius 1 is 1.15 bits per heavy atom. The third kappa shape index (κ3) is 6.51. The number of rotatable bonds is 5. The smallest absolute Gasteiger partial charge is 0.408 e. The van der Waals surface area contributed by atoms with Gasteiger partial charge in [-0.25, -0.2) is 13.2 Å². The minimum atomic E-state index is -3.51. The number of carbonyl (C=O) groups is 2. The van der Waals surface area contributed by atoms with Gasteiger partial charge < -0.3 is 15.4 Å². The zero-order valence-corrected chi connectivity index (χ0v) is 16.7. The van der Waals surface area contributed by atoms with Crippen LogP contribution in [0.3, 0.4) is 0 Å². The number of benzene rings is 1. The predicted octanol–water partition coefficient (Wildman–Crippen LogP) is 1.48. The summed E-state index contributed by atoms with van der Waals surface area (Å²) in [7, 11) is -3.51. The number of sulfonamides is 1. The Labute approximate surface area is 160 Å². The Hall–Kier alpha value is -2.13. The molecule has 1 aromatic carbocycles. The van der Waals surface area contributed by atoms with Crippen LogP contribution < -0.4 is 10.6 Å². The Kier molecular flexibility index (Phi) is 6.83. The van der Waals surface area contributed by atoms with Crippen molar-refractivity contribution in [3.05, 3.63) is 30.3 Å². The average Bonchev–Trinajstić information content (AvgIpc) is 2.60. The second-order valence-electron chi connectivity index (χ2n) is 7.41. The molecule has 27 heavy (non-hydrogen) atoms. The van der Waals surface area contributed by atoms with Crippen molar-refractivity contribution in [1.29, 1.82) is 0 Å². The number of amides is 2. The predicted molar refractivity (Wildman–Crippen MR) is 101 cm³/mol. The monoisotopic (exact) mass is 397 g/mol. The Morgan fingerprint density at radius 2 is 1.74 bits per heavy atom. The first-order valence-corrected chi connectivity index (χ1v) is 10.3. The highest BCUT2D eigenvalue weighted by Crippen LogP contribution is 2.20. The van der Waals surface area contributed by atoms with Gasteiger partial charge in [0.05, 0.1) is 4.90 Å².